The zero-order valence-electron chi connectivity index (χ0n) is 8.18. The van der Waals surface area contributed by atoms with Crippen molar-refractivity contribution in [3.63, 3.8) is 0 Å². The van der Waals surface area contributed by atoms with Gasteiger partial charge in [0.2, 0.25) is 0 Å². The molecule has 0 aromatic heterocycles. The van der Waals surface area contributed by atoms with Gasteiger partial charge in [0.25, 0.3) is 0 Å². The minimum atomic E-state index is -3.80. The lowest BCUT2D eigenvalue weighted by Crippen LogP contribution is -2.40. The number of amidine groups is 1. The van der Waals surface area contributed by atoms with Crippen LogP contribution in [0.5, 0.6) is 0 Å². The number of rotatable bonds is 2. The number of thioether (sulfide) groups is 1. The summed E-state index contributed by atoms with van der Waals surface area (Å²) in [4.78, 5) is 0. The molecule has 2 heterocycles. The van der Waals surface area contributed by atoms with Gasteiger partial charge in [-0.05, 0) is 6.08 Å². The van der Waals surface area contributed by atoms with Gasteiger partial charge in [-0.1, -0.05) is 0 Å². The second kappa shape index (κ2) is 4.24. The van der Waals surface area contributed by atoms with Gasteiger partial charge >= 0.3 is 10.2 Å². The molecule has 2 rings (SSSR count). The first-order chi connectivity index (χ1) is 7.53. The fraction of sp³-hybridized carbons (Fsp3) is 0.571. The zero-order chi connectivity index (χ0) is 11.8. The average Bonchev–Trinajstić information content (AvgIpc) is 2.64. The van der Waals surface area contributed by atoms with E-state index in [1.807, 2.05) is 0 Å². The Hall–Kier alpha value is -0.770. The molecule has 3 N–H and O–H groups in total. The molecule has 2 aliphatic heterocycles. The minimum Gasteiger partial charge on any atom is -0.393 e. The quantitative estimate of drug-likeness (QED) is 0.651. The molecular weight excluding hydrogens is 254 g/mol. The number of hydrogen-bond donors (Lipinski definition) is 2. The van der Waals surface area contributed by atoms with Gasteiger partial charge in [0.15, 0.2) is 6.23 Å². The van der Waals surface area contributed by atoms with Crippen LogP contribution in [-0.2, 0) is 14.9 Å². The minimum absolute atomic E-state index is 0.0550. The Bertz CT molecular complexity index is 433. The second-order valence-corrected chi connectivity index (χ2v) is 5.87. The Kier molecular flexibility index (Phi) is 3.10. The lowest BCUT2D eigenvalue weighted by atomic mass is 10.5. The van der Waals surface area contributed by atoms with E-state index in [-0.39, 0.29) is 12.4 Å². The van der Waals surface area contributed by atoms with Crippen molar-refractivity contribution >= 4 is 27.8 Å². The number of nitrogens with two attached hydrogens (primary N) is 1. The molecule has 0 bridgehead atoms. The maximum Gasteiger partial charge on any atom is 0.348 e. The summed E-state index contributed by atoms with van der Waals surface area (Å²) in [6, 6.07) is 0. The fourth-order valence-corrected chi connectivity index (χ4v) is 3.44. The molecule has 90 valence electrons. The predicted octanol–water partition coefficient (Wildman–Crippen LogP) is -1.17. The zero-order valence-corrected chi connectivity index (χ0v) is 9.82. The molecule has 2 atom stereocenters. The third kappa shape index (κ3) is 2.17. The molecule has 0 saturated carbocycles. The molecule has 7 nitrogen and oxygen atoms in total. The fourth-order valence-electron chi connectivity index (χ4n) is 1.35. The summed E-state index contributed by atoms with van der Waals surface area (Å²) in [6.07, 6.45) is 2.07. The van der Waals surface area contributed by atoms with Crippen molar-refractivity contribution < 1.29 is 18.3 Å². The lowest BCUT2D eigenvalue weighted by Gasteiger charge is -2.25. The number of ether oxygens (including phenoxy) is 1. The van der Waals surface area contributed by atoms with Crippen LogP contribution in [0, 0.1) is 0 Å². The number of aliphatic hydroxyl groups is 1. The highest BCUT2D eigenvalue weighted by Crippen LogP contribution is 2.29. The van der Waals surface area contributed by atoms with E-state index in [2.05, 4.69) is 4.40 Å². The van der Waals surface area contributed by atoms with Gasteiger partial charge in [-0.15, -0.1) is 16.2 Å². The molecule has 0 radical (unpaired) electrons. The van der Waals surface area contributed by atoms with Crippen LogP contribution in [0.1, 0.15) is 0 Å². The molecule has 0 spiro atoms. The third-order valence-corrected chi connectivity index (χ3v) is 4.49. The van der Waals surface area contributed by atoms with E-state index < -0.39 is 21.9 Å². The first kappa shape index (κ1) is 11.7. The van der Waals surface area contributed by atoms with Crippen molar-refractivity contribution in [3.8, 4) is 0 Å². The van der Waals surface area contributed by atoms with Crippen molar-refractivity contribution in [1.82, 2.24) is 4.31 Å². The molecule has 0 aromatic carbocycles. The first-order valence-corrected chi connectivity index (χ1v) is 6.92. The largest absolute Gasteiger partial charge is 0.393 e. The van der Waals surface area contributed by atoms with E-state index >= 15 is 0 Å². The van der Waals surface area contributed by atoms with Gasteiger partial charge in [-0.3, -0.25) is 0 Å². The maximum absolute atomic E-state index is 11.6. The van der Waals surface area contributed by atoms with Crippen LogP contribution in [0.4, 0.5) is 0 Å². The molecule has 0 aliphatic carbocycles. The van der Waals surface area contributed by atoms with Gasteiger partial charge < -0.3 is 15.6 Å². The summed E-state index contributed by atoms with van der Waals surface area (Å²) in [5, 5.41) is 8.87. The van der Waals surface area contributed by atoms with E-state index in [1.165, 1.54) is 24.0 Å². The van der Waals surface area contributed by atoms with Crippen LogP contribution in [0.15, 0.2) is 16.7 Å². The molecule has 16 heavy (non-hydrogen) atoms. The number of aliphatic hydroxyl groups excluding tert-OH is 1. The van der Waals surface area contributed by atoms with Crippen LogP contribution in [0.25, 0.3) is 0 Å². The van der Waals surface area contributed by atoms with Gasteiger partial charge in [-0.25, -0.2) is 4.31 Å². The normalized spacial score (nSPS) is 32.8. The van der Waals surface area contributed by atoms with Gasteiger partial charge in [0, 0.05) is 12.0 Å². The Morgan fingerprint density at radius 3 is 3.06 bits per heavy atom. The molecular formula is C7H11N3O4S2. The van der Waals surface area contributed by atoms with Crippen molar-refractivity contribution in [2.75, 3.05) is 12.4 Å². The SMILES string of the molecule is NC1=NS(=O)(=O)N([C@@H]2CS[C@@H](CO)O2)C=C1. The van der Waals surface area contributed by atoms with E-state index in [0.29, 0.717) is 5.75 Å². The summed E-state index contributed by atoms with van der Waals surface area (Å²) in [5.41, 5.74) is 4.90. The molecule has 0 unspecified atom stereocenters. The Balaban J connectivity index is 2.15. The molecule has 2 aliphatic rings. The molecule has 0 amide bonds. The summed E-state index contributed by atoms with van der Waals surface area (Å²) < 4.78 is 32.9. The van der Waals surface area contributed by atoms with Crippen molar-refractivity contribution in [3.05, 3.63) is 12.3 Å². The van der Waals surface area contributed by atoms with Gasteiger partial charge in [0.05, 0.1) is 6.61 Å². The van der Waals surface area contributed by atoms with Crippen LogP contribution >= 0.6 is 11.8 Å². The lowest BCUT2D eigenvalue weighted by molar-refractivity contribution is -0.00730. The number of hydrogen-bond acceptors (Lipinski definition) is 6. The monoisotopic (exact) mass is 265 g/mol. The highest BCUT2D eigenvalue weighted by Gasteiger charge is 2.36. The highest BCUT2D eigenvalue weighted by atomic mass is 32.2. The van der Waals surface area contributed by atoms with Crippen LogP contribution in [-0.4, -0.2) is 47.7 Å². The summed E-state index contributed by atoms with van der Waals surface area (Å²) in [5.74, 6) is 0.394. The highest BCUT2D eigenvalue weighted by molar-refractivity contribution is 8.00. The average molecular weight is 265 g/mol. The molecule has 1 fully saturated rings. The Labute approximate surface area is 97.1 Å². The van der Waals surface area contributed by atoms with E-state index in [1.54, 1.807) is 0 Å². The smallest absolute Gasteiger partial charge is 0.348 e. The molecule has 9 heteroatoms. The van der Waals surface area contributed by atoms with Gasteiger partial charge in [0.1, 0.15) is 11.3 Å². The summed E-state index contributed by atoms with van der Waals surface area (Å²) in [6.45, 7) is -0.149. The Morgan fingerprint density at radius 2 is 2.50 bits per heavy atom. The maximum atomic E-state index is 11.6. The number of nitrogens with zero attached hydrogens (tertiary/aromatic N) is 2. The topological polar surface area (TPSA) is 105 Å². The van der Waals surface area contributed by atoms with Crippen LogP contribution in [0.2, 0.25) is 0 Å². The second-order valence-electron chi connectivity index (χ2n) is 3.18. The van der Waals surface area contributed by atoms with E-state index in [9.17, 15) is 8.42 Å². The van der Waals surface area contributed by atoms with Gasteiger partial charge in [-0.2, -0.15) is 8.42 Å². The summed E-state index contributed by atoms with van der Waals surface area (Å²) >= 11 is 1.35. The standard InChI is InChI=1S/C7H11N3O4S2/c8-5-1-2-10(16(12,13)9-5)6-4-15-7(3-11)14-6/h1-2,6-7,11H,3-4H2,(H2,8,9)/t6-,7-/m0/s1. The predicted molar refractivity (Wildman–Crippen MR) is 59.7 cm³/mol. The van der Waals surface area contributed by atoms with Crippen LogP contribution in [0.3, 0.4) is 0 Å². The van der Waals surface area contributed by atoms with Crippen molar-refractivity contribution in [2.45, 2.75) is 11.7 Å². The first-order valence-electron chi connectivity index (χ1n) is 4.48. The molecule has 0 aromatic rings. The van der Waals surface area contributed by atoms with E-state index in [0.717, 1.165) is 4.31 Å². The molecule has 1 saturated heterocycles. The Morgan fingerprint density at radius 1 is 1.75 bits per heavy atom. The van der Waals surface area contributed by atoms with E-state index in [4.69, 9.17) is 15.6 Å². The van der Waals surface area contributed by atoms with Crippen LogP contribution < -0.4 is 5.73 Å². The van der Waals surface area contributed by atoms with Crippen molar-refractivity contribution in [2.24, 2.45) is 10.1 Å². The summed E-state index contributed by atoms with van der Waals surface area (Å²) in [7, 11) is -3.80. The van der Waals surface area contributed by atoms with Crippen molar-refractivity contribution in [1.29, 1.82) is 0 Å². The third-order valence-electron chi connectivity index (χ3n) is 2.05.